The number of esters is 1. The highest BCUT2D eigenvalue weighted by molar-refractivity contribution is 5.97. The molecule has 2 aromatic carbocycles. The Labute approximate surface area is 154 Å². The number of alkyl halides is 3. The number of allylic oxidation sites excluding steroid dienone is 1. The molecule has 144 valence electrons. The maximum atomic E-state index is 13.6. The van der Waals surface area contributed by atoms with E-state index in [4.69, 9.17) is 4.74 Å². The molecule has 0 aromatic heterocycles. The summed E-state index contributed by atoms with van der Waals surface area (Å²) in [5.74, 6) is -1.31. The Morgan fingerprint density at radius 2 is 1.89 bits per heavy atom. The van der Waals surface area contributed by atoms with Crippen molar-refractivity contribution in [2.24, 2.45) is 0 Å². The van der Waals surface area contributed by atoms with Crippen LogP contribution in [0.25, 0.3) is 0 Å². The number of halogens is 4. The number of aryl methyl sites for hydroxylation is 1. The molecule has 0 radical (unpaired) electrons. The third-order valence-electron chi connectivity index (χ3n) is 3.80. The number of rotatable bonds is 7. The monoisotopic (exact) mass is 381 g/mol. The van der Waals surface area contributed by atoms with E-state index < -0.39 is 23.5 Å². The second kappa shape index (κ2) is 8.70. The van der Waals surface area contributed by atoms with E-state index in [0.717, 1.165) is 18.2 Å². The molecular formula is C20H19F4NO2. The van der Waals surface area contributed by atoms with Gasteiger partial charge in [0.15, 0.2) is 0 Å². The zero-order valence-electron chi connectivity index (χ0n) is 14.7. The van der Waals surface area contributed by atoms with E-state index in [1.54, 1.807) is 13.0 Å². The van der Waals surface area contributed by atoms with Crippen LogP contribution in [-0.4, -0.2) is 12.6 Å². The summed E-state index contributed by atoms with van der Waals surface area (Å²) in [6.07, 6.45) is -1.84. The lowest BCUT2D eigenvalue weighted by molar-refractivity contribution is -0.137. The van der Waals surface area contributed by atoms with Gasteiger partial charge in [0, 0.05) is 5.69 Å². The average molecular weight is 381 g/mol. The van der Waals surface area contributed by atoms with Crippen LogP contribution in [0.3, 0.4) is 0 Å². The second-order valence-electron chi connectivity index (χ2n) is 5.73. The fourth-order valence-corrected chi connectivity index (χ4v) is 2.50. The maximum Gasteiger partial charge on any atom is 0.416 e. The Morgan fingerprint density at radius 3 is 2.52 bits per heavy atom. The summed E-state index contributed by atoms with van der Waals surface area (Å²) in [7, 11) is 0. The lowest BCUT2D eigenvalue weighted by atomic mass is 10.0. The van der Waals surface area contributed by atoms with Crippen molar-refractivity contribution in [1.82, 2.24) is 0 Å². The zero-order chi connectivity index (χ0) is 20.0. The summed E-state index contributed by atoms with van der Waals surface area (Å²) in [5.41, 5.74) is 0.0498. The molecule has 0 unspecified atom stereocenters. The van der Waals surface area contributed by atoms with E-state index in [9.17, 15) is 22.4 Å². The molecule has 0 saturated heterocycles. The summed E-state index contributed by atoms with van der Waals surface area (Å²) in [6, 6.07) is 6.81. The number of ether oxygens (including phenoxy) is 1. The van der Waals surface area contributed by atoms with Crippen molar-refractivity contribution < 1.29 is 27.1 Å². The minimum absolute atomic E-state index is 0.0235. The first-order valence-electron chi connectivity index (χ1n) is 8.31. The van der Waals surface area contributed by atoms with Gasteiger partial charge in [-0.05, 0) is 61.7 Å². The summed E-state index contributed by atoms with van der Waals surface area (Å²) < 4.78 is 57.4. The molecule has 0 aliphatic rings. The Morgan fingerprint density at radius 1 is 1.19 bits per heavy atom. The molecule has 0 aliphatic heterocycles. The first-order chi connectivity index (χ1) is 12.8. The van der Waals surface area contributed by atoms with E-state index in [-0.39, 0.29) is 17.9 Å². The minimum Gasteiger partial charge on any atom is -0.462 e. The van der Waals surface area contributed by atoms with E-state index in [2.05, 4.69) is 11.9 Å². The summed E-state index contributed by atoms with van der Waals surface area (Å²) in [5, 5.41) is 2.93. The van der Waals surface area contributed by atoms with Gasteiger partial charge in [0.1, 0.15) is 5.82 Å². The van der Waals surface area contributed by atoms with Crippen LogP contribution in [0.15, 0.2) is 49.1 Å². The van der Waals surface area contributed by atoms with Gasteiger partial charge < -0.3 is 10.1 Å². The van der Waals surface area contributed by atoms with Crippen LogP contribution in [0.4, 0.5) is 28.9 Å². The smallest absolute Gasteiger partial charge is 0.416 e. The van der Waals surface area contributed by atoms with Gasteiger partial charge in [-0.3, -0.25) is 0 Å². The predicted molar refractivity (Wildman–Crippen MR) is 95.6 cm³/mol. The van der Waals surface area contributed by atoms with Gasteiger partial charge in [-0.25, -0.2) is 9.18 Å². The fourth-order valence-electron chi connectivity index (χ4n) is 2.50. The zero-order valence-corrected chi connectivity index (χ0v) is 14.7. The van der Waals surface area contributed by atoms with Gasteiger partial charge in [0.2, 0.25) is 0 Å². The summed E-state index contributed by atoms with van der Waals surface area (Å²) in [6.45, 7) is 5.21. The Balaban J connectivity index is 2.46. The predicted octanol–water partition coefficient (Wildman–Crippen LogP) is 5.88. The number of nitrogens with one attached hydrogen (secondary N) is 1. The van der Waals surface area contributed by atoms with Crippen LogP contribution < -0.4 is 5.32 Å². The molecule has 7 heteroatoms. The molecule has 0 heterocycles. The quantitative estimate of drug-likeness (QED) is 0.370. The number of anilines is 2. The van der Waals surface area contributed by atoms with Crippen molar-refractivity contribution in [3.8, 4) is 0 Å². The topological polar surface area (TPSA) is 38.3 Å². The minimum atomic E-state index is -4.59. The van der Waals surface area contributed by atoms with Crippen molar-refractivity contribution in [1.29, 1.82) is 0 Å². The normalized spacial score (nSPS) is 11.1. The Hall–Kier alpha value is -2.83. The maximum absolute atomic E-state index is 13.6. The van der Waals surface area contributed by atoms with Crippen molar-refractivity contribution in [2.45, 2.75) is 25.9 Å². The lowest BCUT2D eigenvalue weighted by Crippen LogP contribution is -2.12. The number of carbonyl (C=O) groups is 1. The van der Waals surface area contributed by atoms with Crippen molar-refractivity contribution in [3.63, 3.8) is 0 Å². The van der Waals surface area contributed by atoms with Crippen molar-refractivity contribution in [3.05, 3.63) is 71.6 Å². The lowest BCUT2D eigenvalue weighted by Gasteiger charge is -2.16. The molecule has 27 heavy (non-hydrogen) atoms. The van der Waals surface area contributed by atoms with Gasteiger partial charge in [-0.15, -0.1) is 6.58 Å². The Kier molecular flexibility index (Phi) is 6.60. The van der Waals surface area contributed by atoms with Crippen LogP contribution in [0.2, 0.25) is 0 Å². The molecule has 3 nitrogen and oxygen atoms in total. The highest BCUT2D eigenvalue weighted by Crippen LogP contribution is 2.33. The SMILES string of the molecule is C=CCCc1cc(F)ccc1Nc1ccc(C(F)(F)F)cc1C(=O)OCC. The first kappa shape index (κ1) is 20.5. The highest BCUT2D eigenvalue weighted by atomic mass is 19.4. The average Bonchev–Trinajstić information content (AvgIpc) is 2.61. The molecule has 0 aliphatic carbocycles. The highest BCUT2D eigenvalue weighted by Gasteiger charge is 2.32. The third-order valence-corrected chi connectivity index (χ3v) is 3.80. The van der Waals surface area contributed by atoms with Crippen molar-refractivity contribution in [2.75, 3.05) is 11.9 Å². The Bertz CT molecular complexity index is 831. The van der Waals surface area contributed by atoms with Gasteiger partial charge in [-0.1, -0.05) is 6.08 Å². The molecule has 2 aromatic rings. The van der Waals surface area contributed by atoms with E-state index in [1.807, 2.05) is 0 Å². The van der Waals surface area contributed by atoms with E-state index in [0.29, 0.717) is 24.1 Å². The molecule has 0 amide bonds. The third kappa shape index (κ3) is 5.32. The molecule has 0 atom stereocenters. The molecular weight excluding hydrogens is 362 g/mol. The number of carbonyl (C=O) groups excluding carboxylic acids is 1. The van der Waals surface area contributed by atoms with Gasteiger partial charge in [-0.2, -0.15) is 13.2 Å². The van der Waals surface area contributed by atoms with Gasteiger partial charge in [0.05, 0.1) is 23.4 Å². The molecule has 0 spiro atoms. The van der Waals surface area contributed by atoms with Crippen LogP contribution in [0.5, 0.6) is 0 Å². The molecule has 0 fully saturated rings. The summed E-state index contributed by atoms with van der Waals surface area (Å²) in [4.78, 5) is 12.1. The molecule has 2 rings (SSSR count). The van der Waals surface area contributed by atoms with Gasteiger partial charge >= 0.3 is 12.1 Å². The molecule has 1 N–H and O–H groups in total. The van der Waals surface area contributed by atoms with Crippen molar-refractivity contribution >= 4 is 17.3 Å². The number of benzene rings is 2. The van der Waals surface area contributed by atoms with E-state index >= 15 is 0 Å². The molecule has 0 saturated carbocycles. The van der Waals surface area contributed by atoms with Crippen LogP contribution >= 0.6 is 0 Å². The summed E-state index contributed by atoms with van der Waals surface area (Å²) >= 11 is 0. The largest absolute Gasteiger partial charge is 0.462 e. The standard InChI is InChI=1S/C20H19F4NO2/c1-3-5-6-13-11-15(21)8-10-17(13)25-18-9-7-14(20(22,23)24)12-16(18)19(26)27-4-2/h3,7-12,25H,1,4-6H2,2H3. The second-order valence-corrected chi connectivity index (χ2v) is 5.73. The molecule has 0 bridgehead atoms. The van der Waals surface area contributed by atoms with Crippen LogP contribution in [-0.2, 0) is 17.3 Å². The van der Waals surface area contributed by atoms with Crippen LogP contribution in [0, 0.1) is 5.82 Å². The van der Waals surface area contributed by atoms with Crippen LogP contribution in [0.1, 0.15) is 34.8 Å². The van der Waals surface area contributed by atoms with Gasteiger partial charge in [0.25, 0.3) is 0 Å². The number of hydrogen-bond acceptors (Lipinski definition) is 3. The number of hydrogen-bond donors (Lipinski definition) is 1. The fraction of sp³-hybridized carbons (Fsp3) is 0.250. The van der Waals surface area contributed by atoms with E-state index in [1.165, 1.54) is 18.2 Å². The first-order valence-corrected chi connectivity index (χ1v) is 8.31.